The van der Waals surface area contributed by atoms with Crippen molar-refractivity contribution in [2.75, 3.05) is 0 Å². The summed E-state index contributed by atoms with van der Waals surface area (Å²) in [5.74, 6) is 0.0641. The van der Waals surface area contributed by atoms with Gasteiger partial charge in [-0.3, -0.25) is 0 Å². The Balaban J connectivity index is 2.46. The Morgan fingerprint density at radius 3 is 2.71 bits per heavy atom. The van der Waals surface area contributed by atoms with Crippen LogP contribution in [0.4, 0.5) is 0 Å². The van der Waals surface area contributed by atoms with Crippen molar-refractivity contribution in [1.29, 1.82) is 0 Å². The molecule has 0 aliphatic carbocycles. The Morgan fingerprint density at radius 1 is 1.33 bits per heavy atom. The number of benzene rings is 1. The lowest BCUT2D eigenvalue weighted by Crippen LogP contribution is -2.09. The maximum atomic E-state index is 11.4. The molecule has 2 rings (SSSR count). The summed E-state index contributed by atoms with van der Waals surface area (Å²) in [6.07, 6.45) is 5.55. The van der Waals surface area contributed by atoms with Crippen molar-refractivity contribution in [1.82, 2.24) is 9.55 Å². The van der Waals surface area contributed by atoms with E-state index in [0.717, 1.165) is 24.2 Å². The second kappa shape index (κ2) is 6.74. The first kappa shape index (κ1) is 15.5. The molecule has 0 aliphatic heterocycles. The number of carboxylic acid groups (broad SMARTS) is 1. The maximum absolute atomic E-state index is 11.4. The van der Waals surface area contributed by atoms with Crippen LogP contribution in [0.1, 0.15) is 68.7 Å². The highest BCUT2D eigenvalue weighted by molar-refractivity contribution is 6.01. The van der Waals surface area contributed by atoms with Gasteiger partial charge in [0.15, 0.2) is 0 Å². The molecule has 2 aromatic rings. The quantitative estimate of drug-likeness (QED) is 0.766. The summed E-state index contributed by atoms with van der Waals surface area (Å²) in [6, 6.07) is 5.76. The first-order chi connectivity index (χ1) is 10.1. The van der Waals surface area contributed by atoms with E-state index in [9.17, 15) is 9.90 Å². The third-order valence-corrected chi connectivity index (χ3v) is 4.01. The molecular formula is C17H24N2O2. The van der Waals surface area contributed by atoms with Crippen LogP contribution in [0.3, 0.4) is 0 Å². The normalized spacial score (nSPS) is 12.7. The predicted molar refractivity (Wildman–Crippen MR) is 84.9 cm³/mol. The lowest BCUT2D eigenvalue weighted by molar-refractivity contribution is 0.0699. The molecule has 0 spiro atoms. The molecule has 1 unspecified atom stereocenters. The second-order valence-corrected chi connectivity index (χ2v) is 5.57. The van der Waals surface area contributed by atoms with Crippen LogP contribution in [0.2, 0.25) is 0 Å². The molecule has 1 aromatic carbocycles. The maximum Gasteiger partial charge on any atom is 0.337 e. The van der Waals surface area contributed by atoms with Gasteiger partial charge in [0.25, 0.3) is 0 Å². The summed E-state index contributed by atoms with van der Waals surface area (Å²) in [5.41, 5.74) is 1.85. The average Bonchev–Trinajstić information content (AvgIpc) is 2.85. The first-order valence-corrected chi connectivity index (χ1v) is 7.83. The lowest BCUT2D eigenvalue weighted by atomic mass is 10.1. The van der Waals surface area contributed by atoms with Crippen molar-refractivity contribution in [2.24, 2.45) is 0 Å². The van der Waals surface area contributed by atoms with E-state index >= 15 is 0 Å². The third kappa shape index (κ3) is 3.09. The van der Waals surface area contributed by atoms with E-state index in [1.807, 2.05) is 12.1 Å². The number of unbranched alkanes of at least 4 members (excludes halogenated alkanes) is 2. The van der Waals surface area contributed by atoms with Crippen LogP contribution in [0.25, 0.3) is 11.0 Å². The number of carbonyl (C=O) groups is 1. The van der Waals surface area contributed by atoms with Crippen molar-refractivity contribution < 1.29 is 9.90 Å². The van der Waals surface area contributed by atoms with Crippen LogP contribution in [0, 0.1) is 0 Å². The average molecular weight is 288 g/mol. The minimum Gasteiger partial charge on any atom is -0.478 e. The molecule has 0 amide bonds. The molecular weight excluding hydrogens is 264 g/mol. The Bertz CT molecular complexity index is 631. The van der Waals surface area contributed by atoms with Crippen LogP contribution in [-0.2, 0) is 6.42 Å². The standard InChI is InChI=1S/C17H24N2O2/c1-4-6-7-9-12(3)19-14-11-8-10-13(17(20)21)16(14)18-15(19)5-2/h8,10-12H,4-7,9H2,1-3H3,(H,20,21). The summed E-state index contributed by atoms with van der Waals surface area (Å²) in [5, 5.41) is 9.32. The number of hydrogen-bond donors (Lipinski definition) is 1. The number of fused-ring (bicyclic) bond motifs is 1. The number of imidazole rings is 1. The van der Waals surface area contributed by atoms with Crippen LogP contribution >= 0.6 is 0 Å². The van der Waals surface area contributed by atoms with Gasteiger partial charge in [-0.2, -0.15) is 0 Å². The van der Waals surface area contributed by atoms with Gasteiger partial charge in [0, 0.05) is 12.5 Å². The Kier molecular flexibility index (Phi) is 4.99. The summed E-state index contributed by atoms with van der Waals surface area (Å²) < 4.78 is 2.22. The molecule has 21 heavy (non-hydrogen) atoms. The van der Waals surface area contributed by atoms with Crippen LogP contribution in [-0.4, -0.2) is 20.6 Å². The Labute approximate surface area is 125 Å². The molecule has 4 nitrogen and oxygen atoms in total. The smallest absolute Gasteiger partial charge is 0.337 e. The van der Waals surface area contributed by atoms with E-state index in [1.54, 1.807) is 6.07 Å². The summed E-state index contributed by atoms with van der Waals surface area (Å²) >= 11 is 0. The number of aromatic nitrogens is 2. The van der Waals surface area contributed by atoms with Gasteiger partial charge in [-0.1, -0.05) is 39.2 Å². The molecule has 0 aliphatic rings. The number of aryl methyl sites for hydroxylation is 1. The molecule has 1 N–H and O–H groups in total. The van der Waals surface area contributed by atoms with E-state index in [2.05, 4.69) is 30.3 Å². The highest BCUT2D eigenvalue weighted by atomic mass is 16.4. The van der Waals surface area contributed by atoms with Crippen molar-refractivity contribution in [3.8, 4) is 0 Å². The van der Waals surface area contributed by atoms with E-state index in [-0.39, 0.29) is 0 Å². The molecule has 1 atom stereocenters. The van der Waals surface area contributed by atoms with Gasteiger partial charge in [0.2, 0.25) is 0 Å². The van der Waals surface area contributed by atoms with Gasteiger partial charge in [0.05, 0.1) is 11.1 Å². The van der Waals surface area contributed by atoms with Gasteiger partial charge in [0.1, 0.15) is 11.3 Å². The van der Waals surface area contributed by atoms with Gasteiger partial charge in [-0.25, -0.2) is 9.78 Å². The van der Waals surface area contributed by atoms with Crippen LogP contribution < -0.4 is 0 Å². The molecule has 0 saturated heterocycles. The molecule has 1 aromatic heterocycles. The zero-order chi connectivity index (χ0) is 15.4. The molecule has 0 fully saturated rings. The molecule has 0 bridgehead atoms. The number of para-hydroxylation sites is 1. The minimum atomic E-state index is -0.911. The Morgan fingerprint density at radius 2 is 2.10 bits per heavy atom. The van der Waals surface area contributed by atoms with Crippen LogP contribution in [0.15, 0.2) is 18.2 Å². The van der Waals surface area contributed by atoms with Crippen LogP contribution in [0.5, 0.6) is 0 Å². The number of nitrogens with zero attached hydrogens (tertiary/aromatic N) is 2. The molecule has 0 radical (unpaired) electrons. The van der Waals surface area contributed by atoms with E-state index in [4.69, 9.17) is 0 Å². The topological polar surface area (TPSA) is 55.1 Å². The fraction of sp³-hybridized carbons (Fsp3) is 0.529. The molecule has 1 heterocycles. The SMILES string of the molecule is CCCCCC(C)n1c(CC)nc2c(C(=O)O)cccc21. The van der Waals surface area contributed by atoms with Gasteiger partial charge in [-0.05, 0) is 25.5 Å². The predicted octanol–water partition coefficient (Wildman–Crippen LogP) is 4.44. The zero-order valence-corrected chi connectivity index (χ0v) is 13.1. The highest BCUT2D eigenvalue weighted by Gasteiger charge is 2.18. The van der Waals surface area contributed by atoms with Crippen molar-refractivity contribution >= 4 is 17.0 Å². The highest BCUT2D eigenvalue weighted by Crippen LogP contribution is 2.27. The molecule has 4 heteroatoms. The number of hydrogen-bond acceptors (Lipinski definition) is 2. The number of rotatable bonds is 7. The minimum absolute atomic E-state index is 0.293. The second-order valence-electron chi connectivity index (χ2n) is 5.57. The zero-order valence-electron chi connectivity index (χ0n) is 13.1. The van der Waals surface area contributed by atoms with E-state index < -0.39 is 5.97 Å². The summed E-state index contributed by atoms with van der Waals surface area (Å²) in [6.45, 7) is 6.47. The van der Waals surface area contributed by atoms with Crippen molar-refractivity contribution in [2.45, 2.75) is 58.9 Å². The first-order valence-electron chi connectivity index (χ1n) is 7.83. The summed E-state index contributed by atoms with van der Waals surface area (Å²) in [4.78, 5) is 15.9. The van der Waals surface area contributed by atoms with Gasteiger partial charge in [-0.15, -0.1) is 0 Å². The number of aromatic carboxylic acids is 1. The molecule has 0 saturated carbocycles. The number of carboxylic acids is 1. The molecule has 114 valence electrons. The monoisotopic (exact) mass is 288 g/mol. The van der Waals surface area contributed by atoms with Gasteiger partial charge < -0.3 is 9.67 Å². The summed E-state index contributed by atoms with van der Waals surface area (Å²) in [7, 11) is 0. The van der Waals surface area contributed by atoms with E-state index in [1.165, 1.54) is 19.3 Å². The largest absolute Gasteiger partial charge is 0.478 e. The fourth-order valence-electron chi connectivity index (χ4n) is 2.90. The van der Waals surface area contributed by atoms with Crippen molar-refractivity contribution in [3.63, 3.8) is 0 Å². The van der Waals surface area contributed by atoms with E-state index in [0.29, 0.717) is 17.1 Å². The van der Waals surface area contributed by atoms with Gasteiger partial charge >= 0.3 is 5.97 Å². The van der Waals surface area contributed by atoms with Crippen molar-refractivity contribution in [3.05, 3.63) is 29.6 Å². The lowest BCUT2D eigenvalue weighted by Gasteiger charge is -2.17. The Hall–Kier alpha value is -1.84. The fourth-order valence-corrected chi connectivity index (χ4v) is 2.90. The third-order valence-electron chi connectivity index (χ3n) is 4.01.